The zero-order valence-electron chi connectivity index (χ0n) is 17.5. The largest absolute Gasteiger partial charge is 0.496 e. The van der Waals surface area contributed by atoms with Crippen molar-refractivity contribution in [2.75, 3.05) is 38.7 Å². The number of guanidine groups is 1. The lowest BCUT2D eigenvalue weighted by Gasteiger charge is -2.35. The first-order valence-corrected chi connectivity index (χ1v) is 9.18. The lowest BCUT2D eigenvalue weighted by molar-refractivity contribution is -0.120. The molecule has 0 spiro atoms. The van der Waals surface area contributed by atoms with Crippen molar-refractivity contribution in [2.45, 2.75) is 20.4 Å². The molecule has 2 aromatic rings. The lowest BCUT2D eigenvalue weighted by Crippen LogP contribution is -2.55. The van der Waals surface area contributed by atoms with Gasteiger partial charge in [-0.05, 0) is 13.8 Å². The number of aromatic nitrogens is 3. The van der Waals surface area contributed by atoms with E-state index in [0.717, 1.165) is 28.3 Å². The van der Waals surface area contributed by atoms with Crippen LogP contribution in [0.25, 0.3) is 0 Å². The molecular formula is C19H28IN7O2. The zero-order chi connectivity index (χ0) is 20.3. The minimum Gasteiger partial charge on any atom is -0.496 e. The third-order valence-electron chi connectivity index (χ3n) is 4.90. The van der Waals surface area contributed by atoms with Crippen molar-refractivity contribution in [2.24, 2.45) is 12.0 Å². The molecule has 10 heteroatoms. The molecular weight excluding hydrogens is 485 g/mol. The van der Waals surface area contributed by atoms with E-state index in [1.807, 2.05) is 38.2 Å². The number of amides is 1. The number of aliphatic imine (C=N–C) groups is 1. The molecule has 0 atom stereocenters. The number of hydrogen-bond donors (Lipinski definition) is 1. The summed E-state index contributed by atoms with van der Waals surface area (Å²) >= 11 is 0. The molecule has 158 valence electrons. The Morgan fingerprint density at radius 3 is 2.66 bits per heavy atom. The Balaban J connectivity index is 0.00000300. The maximum Gasteiger partial charge on any atom is 0.246 e. The van der Waals surface area contributed by atoms with Crippen LogP contribution in [0.4, 0.5) is 5.69 Å². The molecule has 1 fully saturated rings. The van der Waals surface area contributed by atoms with Gasteiger partial charge in [0.05, 0.1) is 31.2 Å². The molecule has 0 saturated carbocycles. The van der Waals surface area contributed by atoms with Crippen molar-refractivity contribution in [3.8, 4) is 5.75 Å². The van der Waals surface area contributed by atoms with Crippen LogP contribution in [0.15, 0.2) is 23.6 Å². The number of ether oxygens (including phenoxy) is 1. The second-order valence-electron chi connectivity index (χ2n) is 6.79. The molecule has 1 aliphatic rings. The number of rotatable bonds is 4. The Morgan fingerprint density at radius 2 is 2.07 bits per heavy atom. The van der Waals surface area contributed by atoms with E-state index in [0.29, 0.717) is 25.6 Å². The fourth-order valence-corrected chi connectivity index (χ4v) is 3.42. The van der Waals surface area contributed by atoms with Gasteiger partial charge < -0.3 is 19.9 Å². The molecule has 2 aromatic heterocycles. The Labute approximate surface area is 188 Å². The molecule has 0 aromatic carbocycles. The molecule has 0 aliphatic carbocycles. The first kappa shape index (κ1) is 22.9. The van der Waals surface area contributed by atoms with E-state index in [-0.39, 0.29) is 36.4 Å². The Morgan fingerprint density at radius 1 is 1.31 bits per heavy atom. The van der Waals surface area contributed by atoms with Crippen molar-refractivity contribution in [3.05, 3.63) is 35.4 Å². The van der Waals surface area contributed by atoms with Gasteiger partial charge in [-0.3, -0.25) is 19.5 Å². The van der Waals surface area contributed by atoms with Crippen LogP contribution in [0.3, 0.4) is 0 Å². The van der Waals surface area contributed by atoms with Crippen LogP contribution in [-0.4, -0.2) is 65.3 Å². The van der Waals surface area contributed by atoms with E-state index in [2.05, 4.69) is 20.4 Å². The van der Waals surface area contributed by atoms with Gasteiger partial charge in [-0.1, -0.05) is 0 Å². The average molecular weight is 513 g/mol. The molecule has 1 amide bonds. The smallest absolute Gasteiger partial charge is 0.246 e. The molecule has 1 aliphatic heterocycles. The van der Waals surface area contributed by atoms with Crippen LogP contribution in [0.2, 0.25) is 0 Å². The van der Waals surface area contributed by atoms with E-state index >= 15 is 0 Å². The quantitative estimate of drug-likeness (QED) is 0.379. The van der Waals surface area contributed by atoms with Gasteiger partial charge in [-0.15, -0.1) is 24.0 Å². The SMILES string of the molecule is CN=C(NCc1ncc(C)c(OC)c1C)N1CCN(c2cnn(C)c2)C(=O)C1.I. The number of piperazine rings is 1. The van der Waals surface area contributed by atoms with Crippen molar-refractivity contribution in [1.29, 1.82) is 0 Å². The average Bonchev–Trinajstić information content (AvgIpc) is 3.10. The van der Waals surface area contributed by atoms with E-state index in [1.165, 1.54) is 0 Å². The fraction of sp³-hybridized carbons (Fsp3) is 0.474. The molecule has 1 N–H and O–H groups in total. The summed E-state index contributed by atoms with van der Waals surface area (Å²) in [7, 11) is 5.22. The molecule has 0 bridgehead atoms. The summed E-state index contributed by atoms with van der Waals surface area (Å²) in [6.45, 7) is 6.01. The third kappa shape index (κ3) is 4.98. The normalized spacial score (nSPS) is 14.7. The van der Waals surface area contributed by atoms with Crippen LogP contribution in [0, 0.1) is 13.8 Å². The first-order chi connectivity index (χ1) is 13.4. The minimum absolute atomic E-state index is 0. The van der Waals surface area contributed by atoms with Crippen molar-refractivity contribution < 1.29 is 9.53 Å². The first-order valence-electron chi connectivity index (χ1n) is 9.18. The maximum absolute atomic E-state index is 12.6. The highest BCUT2D eigenvalue weighted by Crippen LogP contribution is 2.24. The third-order valence-corrected chi connectivity index (χ3v) is 4.90. The monoisotopic (exact) mass is 513 g/mol. The highest BCUT2D eigenvalue weighted by Gasteiger charge is 2.27. The number of carbonyl (C=O) groups is 1. The topological polar surface area (TPSA) is 87.9 Å². The summed E-state index contributed by atoms with van der Waals surface area (Å²) < 4.78 is 7.17. The van der Waals surface area contributed by atoms with E-state index in [9.17, 15) is 4.79 Å². The Hall–Kier alpha value is -2.37. The number of hydrogen-bond acceptors (Lipinski definition) is 5. The highest BCUT2D eigenvalue weighted by atomic mass is 127. The number of nitrogens with one attached hydrogen (secondary N) is 1. The van der Waals surface area contributed by atoms with Gasteiger partial charge in [-0.2, -0.15) is 5.10 Å². The van der Waals surface area contributed by atoms with Crippen LogP contribution in [0.5, 0.6) is 5.75 Å². The Bertz CT molecular complexity index is 897. The van der Waals surface area contributed by atoms with Crippen molar-refractivity contribution in [1.82, 2.24) is 25.0 Å². The van der Waals surface area contributed by atoms with Gasteiger partial charge in [-0.25, -0.2) is 0 Å². The molecule has 3 rings (SSSR count). The zero-order valence-corrected chi connectivity index (χ0v) is 19.8. The maximum atomic E-state index is 12.6. The number of nitrogens with zero attached hydrogens (tertiary/aromatic N) is 6. The predicted octanol–water partition coefficient (Wildman–Crippen LogP) is 1.48. The van der Waals surface area contributed by atoms with Gasteiger partial charge in [0.25, 0.3) is 0 Å². The lowest BCUT2D eigenvalue weighted by atomic mass is 10.1. The van der Waals surface area contributed by atoms with E-state index in [4.69, 9.17) is 4.74 Å². The molecule has 3 heterocycles. The van der Waals surface area contributed by atoms with Gasteiger partial charge in [0.1, 0.15) is 12.3 Å². The molecule has 29 heavy (non-hydrogen) atoms. The molecule has 1 saturated heterocycles. The number of halogens is 1. The summed E-state index contributed by atoms with van der Waals surface area (Å²) in [6.07, 6.45) is 5.36. The summed E-state index contributed by atoms with van der Waals surface area (Å²) in [5.74, 6) is 1.55. The standard InChI is InChI=1S/C19H27N7O2.HI/c1-13-8-21-16(14(2)18(13)28-5)10-22-19(20-3)25-6-7-26(17(27)12-25)15-9-23-24(4)11-15;/h8-9,11H,6-7,10,12H2,1-5H3,(H,20,22);1H. The van der Waals surface area contributed by atoms with E-state index in [1.54, 1.807) is 29.9 Å². The van der Waals surface area contributed by atoms with E-state index < -0.39 is 0 Å². The number of methoxy groups -OCH3 is 1. The summed E-state index contributed by atoms with van der Waals surface area (Å²) in [5.41, 5.74) is 3.72. The van der Waals surface area contributed by atoms with Crippen LogP contribution >= 0.6 is 24.0 Å². The van der Waals surface area contributed by atoms with Gasteiger partial charge >= 0.3 is 0 Å². The van der Waals surface area contributed by atoms with Gasteiger partial charge in [0, 0.05) is 50.7 Å². The second kappa shape index (κ2) is 9.90. The predicted molar refractivity (Wildman–Crippen MR) is 123 cm³/mol. The summed E-state index contributed by atoms with van der Waals surface area (Å²) in [4.78, 5) is 25.2. The van der Waals surface area contributed by atoms with Crippen LogP contribution in [0.1, 0.15) is 16.8 Å². The number of carbonyl (C=O) groups excluding carboxylic acids is 1. The minimum atomic E-state index is 0. The highest BCUT2D eigenvalue weighted by molar-refractivity contribution is 14.0. The number of aryl methyl sites for hydroxylation is 2. The van der Waals surface area contributed by atoms with Crippen molar-refractivity contribution in [3.63, 3.8) is 0 Å². The summed E-state index contributed by atoms with van der Waals surface area (Å²) in [6, 6.07) is 0. The molecule has 0 unspecified atom stereocenters. The molecule has 0 radical (unpaired) electrons. The fourth-order valence-electron chi connectivity index (χ4n) is 3.42. The van der Waals surface area contributed by atoms with Crippen molar-refractivity contribution >= 4 is 41.5 Å². The Kier molecular flexibility index (Phi) is 7.82. The number of anilines is 1. The second-order valence-corrected chi connectivity index (χ2v) is 6.79. The van der Waals surface area contributed by atoms with Crippen LogP contribution < -0.4 is 15.0 Å². The van der Waals surface area contributed by atoms with Gasteiger partial charge in [0.2, 0.25) is 5.91 Å². The number of pyridine rings is 1. The van der Waals surface area contributed by atoms with Gasteiger partial charge in [0.15, 0.2) is 5.96 Å². The van der Waals surface area contributed by atoms with Crippen LogP contribution in [-0.2, 0) is 18.4 Å². The summed E-state index contributed by atoms with van der Waals surface area (Å²) in [5, 5.41) is 7.46. The molecule has 9 nitrogen and oxygen atoms in total.